The Morgan fingerprint density at radius 2 is 1.70 bits per heavy atom. The molecule has 0 aliphatic heterocycles. The molecule has 0 amide bonds. The highest BCUT2D eigenvalue weighted by Gasteiger charge is 2.15. The Labute approximate surface area is 121 Å². The van der Waals surface area contributed by atoms with E-state index >= 15 is 0 Å². The molecule has 0 bridgehead atoms. The first-order chi connectivity index (χ1) is 9.38. The van der Waals surface area contributed by atoms with Gasteiger partial charge in [-0.05, 0) is 42.7 Å². The maximum Gasteiger partial charge on any atom is 0.168 e. The van der Waals surface area contributed by atoms with Gasteiger partial charge in [-0.1, -0.05) is 29.8 Å². The van der Waals surface area contributed by atoms with Gasteiger partial charge in [-0.3, -0.25) is 4.79 Å². The highest BCUT2D eigenvalue weighted by atomic mass is 35.5. The molecule has 0 saturated heterocycles. The molecule has 20 heavy (non-hydrogen) atoms. The first-order valence-electron chi connectivity index (χ1n) is 6.12. The maximum atomic E-state index is 13.2. The fourth-order valence-electron chi connectivity index (χ4n) is 1.93. The van der Waals surface area contributed by atoms with E-state index in [0.29, 0.717) is 0 Å². The lowest BCUT2D eigenvalue weighted by molar-refractivity contribution is 0.0992. The second-order valence-corrected chi connectivity index (χ2v) is 5.17. The summed E-state index contributed by atoms with van der Waals surface area (Å²) >= 11 is 5.79. The zero-order valence-corrected chi connectivity index (χ0v) is 11.9. The van der Waals surface area contributed by atoms with Crippen LogP contribution in [-0.2, 0) is 6.42 Å². The maximum absolute atomic E-state index is 13.2. The van der Waals surface area contributed by atoms with Gasteiger partial charge in [0.15, 0.2) is 17.4 Å². The number of halogens is 3. The van der Waals surface area contributed by atoms with E-state index in [2.05, 4.69) is 0 Å². The van der Waals surface area contributed by atoms with Crippen LogP contribution in [-0.4, -0.2) is 5.78 Å². The Kier molecular flexibility index (Phi) is 4.19. The SMILES string of the molecule is Cc1ccc(CC(=O)c2cc(F)c(F)cc2Cl)cc1C. The first-order valence-corrected chi connectivity index (χ1v) is 6.50. The van der Waals surface area contributed by atoms with Crippen molar-refractivity contribution in [3.63, 3.8) is 0 Å². The highest BCUT2D eigenvalue weighted by molar-refractivity contribution is 6.34. The third-order valence-electron chi connectivity index (χ3n) is 3.25. The molecule has 2 aromatic carbocycles. The predicted octanol–water partition coefficient (Wildman–Crippen LogP) is 4.66. The van der Waals surface area contributed by atoms with Crippen molar-refractivity contribution >= 4 is 17.4 Å². The minimum Gasteiger partial charge on any atom is -0.294 e. The number of aryl methyl sites for hydroxylation is 2. The van der Waals surface area contributed by atoms with Crippen LogP contribution in [0.3, 0.4) is 0 Å². The zero-order chi connectivity index (χ0) is 14.9. The van der Waals surface area contributed by atoms with E-state index in [9.17, 15) is 13.6 Å². The summed E-state index contributed by atoms with van der Waals surface area (Å²) in [5.74, 6) is -2.47. The van der Waals surface area contributed by atoms with Crippen molar-refractivity contribution < 1.29 is 13.6 Å². The van der Waals surface area contributed by atoms with Gasteiger partial charge in [0.05, 0.1) is 5.02 Å². The van der Waals surface area contributed by atoms with Gasteiger partial charge in [0.25, 0.3) is 0 Å². The Hall–Kier alpha value is -1.74. The molecule has 0 saturated carbocycles. The molecule has 4 heteroatoms. The second kappa shape index (κ2) is 5.71. The van der Waals surface area contributed by atoms with Crippen molar-refractivity contribution in [2.75, 3.05) is 0 Å². The molecule has 0 aromatic heterocycles. The molecule has 0 radical (unpaired) electrons. The molecule has 0 heterocycles. The standard InChI is InChI=1S/C16H13ClF2O/c1-9-3-4-11(5-10(9)2)6-16(20)12-7-14(18)15(19)8-13(12)17/h3-5,7-8H,6H2,1-2H3. The molecular formula is C16H13ClF2O. The number of ketones is 1. The van der Waals surface area contributed by atoms with Crippen LogP contribution in [0.15, 0.2) is 30.3 Å². The summed E-state index contributed by atoms with van der Waals surface area (Å²) in [6, 6.07) is 7.34. The average Bonchev–Trinajstić information content (AvgIpc) is 2.38. The van der Waals surface area contributed by atoms with E-state index in [-0.39, 0.29) is 22.8 Å². The average molecular weight is 295 g/mol. The van der Waals surface area contributed by atoms with Crippen LogP contribution in [0.25, 0.3) is 0 Å². The van der Waals surface area contributed by atoms with Crippen LogP contribution in [0.1, 0.15) is 27.0 Å². The lowest BCUT2D eigenvalue weighted by atomic mass is 9.99. The predicted molar refractivity (Wildman–Crippen MR) is 75.3 cm³/mol. The molecule has 0 unspecified atom stereocenters. The highest BCUT2D eigenvalue weighted by Crippen LogP contribution is 2.22. The van der Waals surface area contributed by atoms with Gasteiger partial charge in [-0.25, -0.2) is 8.78 Å². The fraction of sp³-hybridized carbons (Fsp3) is 0.188. The fourth-order valence-corrected chi connectivity index (χ4v) is 2.19. The molecule has 0 atom stereocenters. The van der Waals surface area contributed by atoms with Gasteiger partial charge in [-0.2, -0.15) is 0 Å². The van der Waals surface area contributed by atoms with Crippen molar-refractivity contribution in [1.82, 2.24) is 0 Å². The summed E-state index contributed by atoms with van der Waals surface area (Å²) in [5, 5.41) is -0.0715. The van der Waals surface area contributed by atoms with Crippen molar-refractivity contribution in [3.05, 3.63) is 69.2 Å². The summed E-state index contributed by atoms with van der Waals surface area (Å²) in [7, 11) is 0. The summed E-state index contributed by atoms with van der Waals surface area (Å²) in [4.78, 5) is 12.1. The van der Waals surface area contributed by atoms with Gasteiger partial charge in [0.1, 0.15) is 0 Å². The number of hydrogen-bond donors (Lipinski definition) is 0. The quantitative estimate of drug-likeness (QED) is 0.594. The Bertz CT molecular complexity index is 680. The van der Waals surface area contributed by atoms with E-state index in [1.807, 2.05) is 32.0 Å². The van der Waals surface area contributed by atoms with E-state index < -0.39 is 11.6 Å². The topological polar surface area (TPSA) is 17.1 Å². The molecule has 104 valence electrons. The molecule has 2 rings (SSSR count). The number of benzene rings is 2. The minimum absolute atomic E-state index is 0.00351. The van der Waals surface area contributed by atoms with Crippen molar-refractivity contribution in [1.29, 1.82) is 0 Å². The van der Waals surface area contributed by atoms with Crippen LogP contribution in [0.5, 0.6) is 0 Å². The number of carbonyl (C=O) groups excluding carboxylic acids is 1. The smallest absolute Gasteiger partial charge is 0.168 e. The monoisotopic (exact) mass is 294 g/mol. The molecule has 0 fully saturated rings. The third-order valence-corrected chi connectivity index (χ3v) is 3.56. The van der Waals surface area contributed by atoms with Gasteiger partial charge in [0, 0.05) is 12.0 Å². The first kappa shape index (κ1) is 14.7. The van der Waals surface area contributed by atoms with E-state index in [0.717, 1.165) is 28.8 Å². The second-order valence-electron chi connectivity index (χ2n) is 4.76. The van der Waals surface area contributed by atoms with Crippen molar-refractivity contribution in [3.8, 4) is 0 Å². The van der Waals surface area contributed by atoms with E-state index in [1.165, 1.54) is 0 Å². The normalized spacial score (nSPS) is 10.7. The summed E-state index contributed by atoms with van der Waals surface area (Å²) in [5.41, 5.74) is 3.03. The Balaban J connectivity index is 2.28. The molecule has 0 aliphatic carbocycles. The van der Waals surface area contributed by atoms with Crippen LogP contribution in [0.4, 0.5) is 8.78 Å². The molecule has 0 spiro atoms. The molecule has 2 aromatic rings. The van der Waals surface area contributed by atoms with E-state index in [1.54, 1.807) is 0 Å². The summed E-state index contributed by atoms with van der Waals surface area (Å²) in [6.07, 6.45) is 0.103. The lowest BCUT2D eigenvalue weighted by Gasteiger charge is -2.07. The van der Waals surface area contributed by atoms with E-state index in [4.69, 9.17) is 11.6 Å². The molecule has 0 N–H and O–H groups in total. The van der Waals surface area contributed by atoms with Crippen molar-refractivity contribution in [2.24, 2.45) is 0 Å². The zero-order valence-electron chi connectivity index (χ0n) is 11.1. The largest absolute Gasteiger partial charge is 0.294 e. The summed E-state index contributed by atoms with van der Waals surface area (Å²) in [6.45, 7) is 3.93. The lowest BCUT2D eigenvalue weighted by Crippen LogP contribution is -2.06. The third kappa shape index (κ3) is 3.05. The minimum atomic E-state index is -1.07. The van der Waals surface area contributed by atoms with Crippen LogP contribution in [0.2, 0.25) is 5.02 Å². The van der Waals surface area contributed by atoms with Gasteiger partial charge in [-0.15, -0.1) is 0 Å². The van der Waals surface area contributed by atoms with Crippen LogP contribution >= 0.6 is 11.6 Å². The number of hydrogen-bond acceptors (Lipinski definition) is 1. The van der Waals surface area contributed by atoms with Crippen LogP contribution in [0, 0.1) is 25.5 Å². The van der Waals surface area contributed by atoms with Gasteiger partial charge >= 0.3 is 0 Å². The number of rotatable bonds is 3. The number of carbonyl (C=O) groups is 1. The van der Waals surface area contributed by atoms with Gasteiger partial charge in [0.2, 0.25) is 0 Å². The number of Topliss-reactive ketones (excluding diaryl/α,β-unsaturated/α-hetero) is 1. The van der Waals surface area contributed by atoms with Crippen molar-refractivity contribution in [2.45, 2.75) is 20.3 Å². The van der Waals surface area contributed by atoms with Crippen LogP contribution < -0.4 is 0 Å². The molecule has 0 aliphatic rings. The molecular weight excluding hydrogens is 282 g/mol. The Morgan fingerprint density at radius 1 is 1.05 bits per heavy atom. The molecule has 1 nitrogen and oxygen atoms in total. The Morgan fingerprint density at radius 3 is 2.35 bits per heavy atom. The summed E-state index contributed by atoms with van der Waals surface area (Å²) < 4.78 is 26.2. The van der Waals surface area contributed by atoms with Gasteiger partial charge < -0.3 is 0 Å².